The zero-order chi connectivity index (χ0) is 10.6. The number of nitrogens with zero attached hydrogens (tertiary/aromatic N) is 1. The topological polar surface area (TPSA) is 23.3 Å². The molecule has 78 valence electrons. The average molecular weight is 192 g/mol. The van der Waals surface area contributed by atoms with E-state index in [0.717, 1.165) is 18.7 Å². The molecule has 2 nitrogen and oxygen atoms in total. The summed E-state index contributed by atoms with van der Waals surface area (Å²) in [4.78, 5) is 0. The van der Waals surface area contributed by atoms with Gasteiger partial charge in [0.05, 0.1) is 7.11 Å². The van der Waals surface area contributed by atoms with Gasteiger partial charge >= 0.3 is 0 Å². The van der Waals surface area contributed by atoms with Crippen molar-refractivity contribution in [1.29, 1.82) is 0 Å². The zero-order valence-corrected chi connectivity index (χ0v) is 9.42. The lowest BCUT2D eigenvalue weighted by Gasteiger charge is -2.15. The molecular weight excluding hydrogens is 174 g/mol. The summed E-state index contributed by atoms with van der Waals surface area (Å²) < 4.78 is 5.26. The molecule has 0 spiro atoms. The molecule has 0 N–H and O–H groups in total. The van der Waals surface area contributed by atoms with Gasteiger partial charge in [-0.2, -0.15) is 7.05 Å². The van der Waals surface area contributed by atoms with Crippen LogP contribution in [0, 0.1) is 13.8 Å². The van der Waals surface area contributed by atoms with Gasteiger partial charge in [-0.3, -0.25) is 0 Å². The van der Waals surface area contributed by atoms with Crippen LogP contribution in [0.15, 0.2) is 12.1 Å². The monoisotopic (exact) mass is 192 g/mol. The van der Waals surface area contributed by atoms with Crippen molar-refractivity contribution in [2.45, 2.75) is 20.3 Å². The highest BCUT2D eigenvalue weighted by molar-refractivity contribution is 5.43. The number of benzene rings is 1. The van der Waals surface area contributed by atoms with Crippen molar-refractivity contribution in [3.05, 3.63) is 34.1 Å². The fourth-order valence-electron chi connectivity index (χ4n) is 1.58. The van der Waals surface area contributed by atoms with E-state index < -0.39 is 0 Å². The molecule has 0 saturated carbocycles. The van der Waals surface area contributed by atoms with E-state index in [-0.39, 0.29) is 0 Å². The summed E-state index contributed by atoms with van der Waals surface area (Å²) in [5, 5.41) is 4.11. The molecule has 0 radical (unpaired) electrons. The molecule has 0 aromatic heterocycles. The van der Waals surface area contributed by atoms with Gasteiger partial charge in [0.15, 0.2) is 0 Å². The van der Waals surface area contributed by atoms with Gasteiger partial charge in [0.1, 0.15) is 5.75 Å². The maximum atomic E-state index is 5.26. The van der Waals surface area contributed by atoms with E-state index >= 15 is 0 Å². The van der Waals surface area contributed by atoms with Crippen molar-refractivity contribution in [1.82, 2.24) is 0 Å². The first kappa shape index (κ1) is 11.1. The minimum atomic E-state index is 0.895. The van der Waals surface area contributed by atoms with Crippen molar-refractivity contribution in [3.8, 4) is 5.75 Å². The van der Waals surface area contributed by atoms with Gasteiger partial charge in [-0.25, -0.2) is 0 Å². The number of rotatable bonds is 4. The number of likely N-dealkylation sites (N-methyl/N-ethyl adjacent to an activating group) is 1. The first-order valence-electron chi connectivity index (χ1n) is 4.89. The molecule has 0 unspecified atom stereocenters. The number of hydrogen-bond donors (Lipinski definition) is 0. The fraction of sp³-hybridized carbons (Fsp3) is 0.500. The lowest BCUT2D eigenvalue weighted by molar-refractivity contribution is 0.411. The van der Waals surface area contributed by atoms with Crippen LogP contribution in [-0.2, 0) is 6.42 Å². The quantitative estimate of drug-likeness (QED) is 0.719. The van der Waals surface area contributed by atoms with Gasteiger partial charge in [0, 0.05) is 0 Å². The third kappa shape index (κ3) is 2.26. The highest BCUT2D eigenvalue weighted by Crippen LogP contribution is 2.24. The van der Waals surface area contributed by atoms with Crippen molar-refractivity contribution in [3.63, 3.8) is 0 Å². The van der Waals surface area contributed by atoms with Crippen molar-refractivity contribution >= 4 is 0 Å². The van der Waals surface area contributed by atoms with Gasteiger partial charge in [0.25, 0.3) is 0 Å². The molecule has 0 fully saturated rings. The summed E-state index contributed by atoms with van der Waals surface area (Å²) in [6, 6.07) is 4.17. The molecule has 0 aliphatic heterocycles. The molecular formula is C12H18NO-. The van der Waals surface area contributed by atoms with Gasteiger partial charge in [-0.05, 0) is 43.0 Å². The second-order valence-corrected chi connectivity index (χ2v) is 3.47. The van der Waals surface area contributed by atoms with E-state index in [0.29, 0.717) is 0 Å². The first-order chi connectivity index (χ1) is 6.70. The Morgan fingerprint density at radius 2 is 1.93 bits per heavy atom. The van der Waals surface area contributed by atoms with Gasteiger partial charge in [0.2, 0.25) is 0 Å². The Bertz CT molecular complexity index is 307. The summed E-state index contributed by atoms with van der Waals surface area (Å²) in [7, 11) is 3.56. The van der Waals surface area contributed by atoms with E-state index in [1.165, 1.54) is 16.7 Å². The van der Waals surface area contributed by atoms with Gasteiger partial charge in [-0.1, -0.05) is 6.07 Å². The lowest BCUT2D eigenvalue weighted by Crippen LogP contribution is -1.98. The van der Waals surface area contributed by atoms with Crippen molar-refractivity contribution in [2.75, 3.05) is 20.7 Å². The molecule has 0 bridgehead atoms. The van der Waals surface area contributed by atoms with E-state index in [1.807, 2.05) is 13.1 Å². The fourth-order valence-corrected chi connectivity index (χ4v) is 1.58. The third-order valence-electron chi connectivity index (χ3n) is 2.67. The molecule has 0 atom stereocenters. The second-order valence-electron chi connectivity index (χ2n) is 3.47. The Hall–Kier alpha value is -1.02. The first-order valence-corrected chi connectivity index (χ1v) is 4.89. The lowest BCUT2D eigenvalue weighted by atomic mass is 10.00. The van der Waals surface area contributed by atoms with Crippen molar-refractivity contribution < 1.29 is 4.74 Å². The molecule has 0 aliphatic rings. The Balaban J connectivity index is 2.92. The molecule has 1 aromatic carbocycles. The molecule has 0 heterocycles. The number of ether oxygens (including phenoxy) is 1. The van der Waals surface area contributed by atoms with Crippen LogP contribution in [0.1, 0.15) is 16.7 Å². The third-order valence-corrected chi connectivity index (χ3v) is 2.67. The molecule has 1 rings (SSSR count). The Kier molecular flexibility index (Phi) is 3.96. The standard InChI is InChI=1S/C12H18NO/c1-9-10(2)12(14-4)6-5-11(9)7-8-13-3/h5-6H,7-8H2,1-4H3/q-1. The van der Waals surface area contributed by atoms with E-state index in [2.05, 4.69) is 25.2 Å². The Labute approximate surface area is 86.3 Å². The normalized spacial score (nSPS) is 10.3. The SMILES string of the molecule is C[N-]CCc1ccc(OC)c(C)c1C. The average Bonchev–Trinajstić information content (AvgIpc) is 2.20. The number of methoxy groups -OCH3 is 1. The molecule has 1 aromatic rings. The van der Waals surface area contributed by atoms with Gasteiger partial charge < -0.3 is 10.1 Å². The predicted molar refractivity (Wildman–Crippen MR) is 60.3 cm³/mol. The molecule has 14 heavy (non-hydrogen) atoms. The molecule has 0 amide bonds. The van der Waals surface area contributed by atoms with Crippen LogP contribution in [-0.4, -0.2) is 20.7 Å². The van der Waals surface area contributed by atoms with Crippen LogP contribution in [0.25, 0.3) is 5.32 Å². The summed E-state index contributed by atoms with van der Waals surface area (Å²) in [5.74, 6) is 0.972. The van der Waals surface area contributed by atoms with Crippen LogP contribution >= 0.6 is 0 Å². The van der Waals surface area contributed by atoms with Gasteiger partial charge in [-0.15, -0.1) is 6.54 Å². The minimum absolute atomic E-state index is 0.895. The maximum absolute atomic E-state index is 5.26. The summed E-state index contributed by atoms with van der Waals surface area (Å²) >= 11 is 0. The highest BCUT2D eigenvalue weighted by atomic mass is 16.5. The van der Waals surface area contributed by atoms with Crippen LogP contribution in [0.5, 0.6) is 5.75 Å². The van der Waals surface area contributed by atoms with E-state index in [4.69, 9.17) is 4.74 Å². The largest absolute Gasteiger partial charge is 0.665 e. The minimum Gasteiger partial charge on any atom is -0.665 e. The van der Waals surface area contributed by atoms with Crippen LogP contribution in [0.2, 0.25) is 0 Å². The summed E-state index contributed by atoms with van der Waals surface area (Å²) in [5.41, 5.74) is 3.93. The zero-order valence-electron chi connectivity index (χ0n) is 9.42. The summed E-state index contributed by atoms with van der Waals surface area (Å²) in [6.07, 6.45) is 1.02. The van der Waals surface area contributed by atoms with E-state index in [9.17, 15) is 0 Å². The Morgan fingerprint density at radius 1 is 1.21 bits per heavy atom. The second kappa shape index (κ2) is 5.01. The molecule has 0 saturated heterocycles. The molecule has 0 aliphatic carbocycles. The van der Waals surface area contributed by atoms with Crippen LogP contribution in [0.3, 0.4) is 0 Å². The van der Waals surface area contributed by atoms with Crippen molar-refractivity contribution in [2.24, 2.45) is 0 Å². The smallest absolute Gasteiger partial charge is 0.122 e. The maximum Gasteiger partial charge on any atom is 0.122 e. The highest BCUT2D eigenvalue weighted by Gasteiger charge is 2.04. The number of hydrogen-bond acceptors (Lipinski definition) is 1. The van der Waals surface area contributed by atoms with Crippen LogP contribution < -0.4 is 4.74 Å². The molecule has 2 heteroatoms. The Morgan fingerprint density at radius 3 is 2.50 bits per heavy atom. The van der Waals surface area contributed by atoms with Crippen LogP contribution in [0.4, 0.5) is 0 Å². The van der Waals surface area contributed by atoms with E-state index in [1.54, 1.807) is 7.11 Å². The predicted octanol–water partition coefficient (Wildman–Crippen LogP) is 2.86. The summed E-state index contributed by atoms with van der Waals surface area (Å²) in [6.45, 7) is 5.14.